The number of hydrogen-bond acceptors (Lipinski definition) is 4. The van der Waals surface area contributed by atoms with Crippen LogP contribution in [0.4, 0.5) is 0 Å². The summed E-state index contributed by atoms with van der Waals surface area (Å²) in [6, 6.07) is 14.5. The zero-order valence-corrected chi connectivity index (χ0v) is 12.5. The van der Waals surface area contributed by atoms with Crippen molar-refractivity contribution in [3.05, 3.63) is 48.4 Å². The molecule has 1 aliphatic heterocycles. The van der Waals surface area contributed by atoms with Crippen molar-refractivity contribution in [3.8, 4) is 16.9 Å². The summed E-state index contributed by atoms with van der Waals surface area (Å²) in [5.41, 5.74) is 4.04. The lowest BCUT2D eigenvalue weighted by molar-refractivity contribution is 0.415. The van der Waals surface area contributed by atoms with Crippen LogP contribution in [0.25, 0.3) is 22.2 Å². The Labute approximate surface area is 129 Å². The van der Waals surface area contributed by atoms with Crippen LogP contribution in [0.3, 0.4) is 0 Å². The van der Waals surface area contributed by atoms with E-state index in [2.05, 4.69) is 34.6 Å². The molecule has 2 heterocycles. The summed E-state index contributed by atoms with van der Waals surface area (Å²) >= 11 is 0. The van der Waals surface area contributed by atoms with Gasteiger partial charge >= 0.3 is 0 Å². The van der Waals surface area contributed by atoms with Crippen molar-refractivity contribution in [3.63, 3.8) is 0 Å². The molecule has 0 spiro atoms. The minimum Gasteiger partial charge on any atom is -0.497 e. The smallest absolute Gasteiger partial charge is 0.212 e. The number of benzene rings is 2. The first kappa shape index (κ1) is 13.3. The Morgan fingerprint density at radius 3 is 2.68 bits per heavy atom. The van der Waals surface area contributed by atoms with Crippen molar-refractivity contribution in [2.24, 2.45) is 0 Å². The number of oxazole rings is 1. The number of hydrogen-bond donors (Lipinski definition) is 1. The normalized spacial score (nSPS) is 18.0. The van der Waals surface area contributed by atoms with Gasteiger partial charge in [0.2, 0.25) is 5.89 Å². The lowest BCUT2D eigenvalue weighted by Crippen LogP contribution is -2.12. The highest BCUT2D eigenvalue weighted by molar-refractivity contribution is 5.80. The Kier molecular flexibility index (Phi) is 3.31. The summed E-state index contributed by atoms with van der Waals surface area (Å²) in [7, 11) is 1.68. The molecule has 1 atom stereocenters. The van der Waals surface area contributed by atoms with Gasteiger partial charge in [-0.3, -0.25) is 0 Å². The van der Waals surface area contributed by atoms with Crippen LogP contribution in [0, 0.1) is 0 Å². The molecule has 0 bridgehead atoms. The molecule has 1 aromatic heterocycles. The lowest BCUT2D eigenvalue weighted by atomic mass is 10.1. The van der Waals surface area contributed by atoms with E-state index in [1.165, 1.54) is 6.42 Å². The summed E-state index contributed by atoms with van der Waals surface area (Å²) in [6.07, 6.45) is 2.28. The van der Waals surface area contributed by atoms with E-state index in [1.807, 2.05) is 18.2 Å². The second-order valence-corrected chi connectivity index (χ2v) is 5.61. The number of nitrogens with zero attached hydrogens (tertiary/aromatic N) is 1. The van der Waals surface area contributed by atoms with Gasteiger partial charge in [-0.05, 0) is 54.8 Å². The van der Waals surface area contributed by atoms with Gasteiger partial charge in [0.05, 0.1) is 13.2 Å². The van der Waals surface area contributed by atoms with Gasteiger partial charge in [0.1, 0.15) is 11.3 Å². The van der Waals surface area contributed by atoms with Gasteiger partial charge in [-0.1, -0.05) is 18.2 Å². The maximum Gasteiger partial charge on any atom is 0.212 e. The predicted octanol–water partition coefficient (Wildman–Crippen LogP) is 3.93. The monoisotopic (exact) mass is 294 g/mol. The highest BCUT2D eigenvalue weighted by Crippen LogP contribution is 2.29. The summed E-state index contributed by atoms with van der Waals surface area (Å²) in [5, 5.41) is 3.42. The van der Waals surface area contributed by atoms with Gasteiger partial charge in [0.15, 0.2) is 5.58 Å². The molecule has 4 rings (SSSR count). The van der Waals surface area contributed by atoms with E-state index in [-0.39, 0.29) is 6.04 Å². The zero-order chi connectivity index (χ0) is 14.9. The first-order valence-electron chi connectivity index (χ1n) is 7.62. The average Bonchev–Trinajstić information content (AvgIpc) is 3.23. The molecule has 1 aliphatic rings. The van der Waals surface area contributed by atoms with Gasteiger partial charge in [0.25, 0.3) is 0 Å². The highest BCUT2D eigenvalue weighted by Gasteiger charge is 2.21. The third-order valence-electron chi connectivity index (χ3n) is 4.19. The molecule has 22 heavy (non-hydrogen) atoms. The van der Waals surface area contributed by atoms with Gasteiger partial charge in [-0.15, -0.1) is 0 Å². The standard InChI is InChI=1S/C18H18N2O2/c1-21-14-7-4-12(5-8-14)13-6-9-17-16(11-13)20-18(22-17)15-3-2-10-19-15/h4-9,11,15,19H,2-3,10H2,1H3. The van der Waals surface area contributed by atoms with Gasteiger partial charge in [-0.2, -0.15) is 0 Å². The lowest BCUT2D eigenvalue weighted by Gasteiger charge is -2.03. The fraction of sp³-hybridized carbons (Fsp3) is 0.278. The second-order valence-electron chi connectivity index (χ2n) is 5.61. The molecule has 0 amide bonds. The quantitative estimate of drug-likeness (QED) is 0.795. The average molecular weight is 294 g/mol. The van der Waals surface area contributed by atoms with Gasteiger partial charge < -0.3 is 14.5 Å². The van der Waals surface area contributed by atoms with Crippen LogP contribution >= 0.6 is 0 Å². The third-order valence-corrected chi connectivity index (χ3v) is 4.19. The van der Waals surface area contributed by atoms with E-state index in [1.54, 1.807) is 7.11 Å². The maximum absolute atomic E-state index is 5.89. The molecule has 0 aliphatic carbocycles. The molecule has 1 unspecified atom stereocenters. The van der Waals surface area contributed by atoms with E-state index in [0.29, 0.717) is 0 Å². The largest absolute Gasteiger partial charge is 0.497 e. The van der Waals surface area contributed by atoms with Crippen LogP contribution < -0.4 is 10.1 Å². The number of fused-ring (bicyclic) bond motifs is 1. The summed E-state index contributed by atoms with van der Waals surface area (Å²) in [6.45, 7) is 1.04. The summed E-state index contributed by atoms with van der Waals surface area (Å²) < 4.78 is 11.1. The van der Waals surface area contributed by atoms with Crippen molar-refractivity contribution in [1.82, 2.24) is 10.3 Å². The second kappa shape index (κ2) is 5.46. The van der Waals surface area contributed by atoms with Gasteiger partial charge in [0, 0.05) is 0 Å². The van der Waals surface area contributed by atoms with Crippen LogP contribution in [0.2, 0.25) is 0 Å². The molecule has 3 aromatic rings. The van der Waals surface area contributed by atoms with E-state index in [0.717, 1.165) is 46.8 Å². The Hall–Kier alpha value is -2.33. The Morgan fingerprint density at radius 1 is 1.14 bits per heavy atom. The van der Waals surface area contributed by atoms with E-state index in [9.17, 15) is 0 Å². The summed E-state index contributed by atoms with van der Waals surface area (Å²) in [5.74, 6) is 1.67. The van der Waals surface area contributed by atoms with Gasteiger partial charge in [-0.25, -0.2) is 4.98 Å². The number of ether oxygens (including phenoxy) is 1. The third kappa shape index (κ3) is 2.35. The number of nitrogens with one attached hydrogen (secondary N) is 1. The SMILES string of the molecule is COc1ccc(-c2ccc3oc(C4CCCN4)nc3c2)cc1. The molecule has 0 radical (unpaired) electrons. The van der Waals surface area contributed by atoms with Crippen LogP contribution in [0.5, 0.6) is 5.75 Å². The molecule has 4 nitrogen and oxygen atoms in total. The van der Waals surface area contributed by atoms with Crippen molar-refractivity contribution in [2.45, 2.75) is 18.9 Å². The minimum absolute atomic E-state index is 0.261. The number of methoxy groups -OCH3 is 1. The number of rotatable bonds is 3. The molecule has 112 valence electrons. The molecular weight excluding hydrogens is 276 g/mol. The summed E-state index contributed by atoms with van der Waals surface area (Å²) in [4.78, 5) is 4.66. The zero-order valence-electron chi connectivity index (χ0n) is 12.5. The fourth-order valence-electron chi connectivity index (χ4n) is 2.95. The van der Waals surface area contributed by atoms with Crippen molar-refractivity contribution < 1.29 is 9.15 Å². The number of aromatic nitrogens is 1. The molecule has 1 saturated heterocycles. The predicted molar refractivity (Wildman–Crippen MR) is 86.0 cm³/mol. The minimum atomic E-state index is 0.261. The molecule has 4 heteroatoms. The highest BCUT2D eigenvalue weighted by atomic mass is 16.5. The first-order valence-corrected chi connectivity index (χ1v) is 7.62. The molecule has 0 saturated carbocycles. The Balaban J connectivity index is 1.69. The molecule has 1 fully saturated rings. The Morgan fingerprint density at radius 2 is 1.95 bits per heavy atom. The van der Waals surface area contributed by atoms with E-state index >= 15 is 0 Å². The van der Waals surface area contributed by atoms with Crippen molar-refractivity contribution >= 4 is 11.1 Å². The maximum atomic E-state index is 5.89. The molecular formula is C18H18N2O2. The van der Waals surface area contributed by atoms with Crippen LogP contribution in [-0.2, 0) is 0 Å². The Bertz CT molecular complexity index is 786. The van der Waals surface area contributed by atoms with E-state index < -0.39 is 0 Å². The van der Waals surface area contributed by atoms with Crippen molar-refractivity contribution in [2.75, 3.05) is 13.7 Å². The molecule has 1 N–H and O–H groups in total. The van der Waals surface area contributed by atoms with Crippen LogP contribution in [0.15, 0.2) is 46.9 Å². The van der Waals surface area contributed by atoms with E-state index in [4.69, 9.17) is 9.15 Å². The van der Waals surface area contributed by atoms with Crippen molar-refractivity contribution in [1.29, 1.82) is 0 Å². The fourth-order valence-corrected chi connectivity index (χ4v) is 2.95. The first-order chi connectivity index (χ1) is 10.8. The molecule has 2 aromatic carbocycles. The van der Waals surface area contributed by atoms with Crippen LogP contribution in [-0.4, -0.2) is 18.6 Å². The topological polar surface area (TPSA) is 47.3 Å². The van der Waals surface area contributed by atoms with Crippen LogP contribution in [0.1, 0.15) is 24.8 Å².